The first-order chi connectivity index (χ1) is 8.32. The van der Waals surface area contributed by atoms with Crippen LogP contribution in [0.5, 0.6) is 0 Å². The predicted molar refractivity (Wildman–Crippen MR) is 77.8 cm³/mol. The lowest BCUT2D eigenvalue weighted by Crippen LogP contribution is -2.12. The molecule has 0 amide bonds. The van der Waals surface area contributed by atoms with Crippen molar-refractivity contribution >= 4 is 24.9 Å². The van der Waals surface area contributed by atoms with Crippen LogP contribution in [-0.2, 0) is 13.8 Å². The highest BCUT2D eigenvalue weighted by Crippen LogP contribution is 2.53. The minimum atomic E-state index is -1.03. The second kappa shape index (κ2) is 10.0. The number of carboxylic acids is 1. The molecule has 0 aromatic rings. The van der Waals surface area contributed by atoms with Crippen LogP contribution in [0, 0.1) is 17.8 Å². The van der Waals surface area contributed by atoms with Gasteiger partial charge in [-0.2, -0.15) is 0 Å². The van der Waals surface area contributed by atoms with Crippen LogP contribution in [0.1, 0.15) is 34.6 Å². The minimum Gasteiger partial charge on any atom is -0.481 e. The van der Waals surface area contributed by atoms with Gasteiger partial charge in [0.05, 0.1) is 19.1 Å². The number of aliphatic carboxylic acids is 1. The maximum absolute atomic E-state index is 10.8. The van der Waals surface area contributed by atoms with Gasteiger partial charge in [-0.3, -0.25) is 4.79 Å². The van der Waals surface area contributed by atoms with E-state index < -0.39 is 13.5 Å². The Bertz CT molecular complexity index is 224. The van der Waals surface area contributed by atoms with Gasteiger partial charge >= 0.3 is 5.97 Å². The molecule has 0 bridgehead atoms. The average molecular weight is 296 g/mol. The van der Waals surface area contributed by atoms with E-state index >= 15 is 0 Å². The second-order valence-corrected chi connectivity index (χ2v) is 8.36. The second-order valence-electron chi connectivity index (χ2n) is 5.14. The zero-order valence-corrected chi connectivity index (χ0v) is 13.6. The Morgan fingerprint density at radius 2 is 1.56 bits per heavy atom. The van der Waals surface area contributed by atoms with E-state index in [1.165, 1.54) is 11.4 Å². The number of hydrogen-bond donors (Lipinski definition) is 1. The lowest BCUT2D eigenvalue weighted by molar-refractivity contribution is -0.140. The van der Waals surface area contributed by atoms with Gasteiger partial charge < -0.3 is 14.2 Å². The summed E-state index contributed by atoms with van der Waals surface area (Å²) in [4.78, 5) is 10.8. The summed E-state index contributed by atoms with van der Waals surface area (Å²) >= 11 is 1.48. The van der Waals surface area contributed by atoms with Crippen LogP contribution in [-0.4, -0.2) is 30.0 Å². The van der Waals surface area contributed by atoms with Crippen molar-refractivity contribution in [3.05, 3.63) is 0 Å². The van der Waals surface area contributed by atoms with E-state index in [1.807, 2.05) is 0 Å². The van der Waals surface area contributed by atoms with Gasteiger partial charge in [0.15, 0.2) is 0 Å². The van der Waals surface area contributed by atoms with E-state index in [4.69, 9.17) is 14.2 Å². The smallest absolute Gasteiger partial charge is 0.307 e. The van der Waals surface area contributed by atoms with Crippen LogP contribution in [0.3, 0.4) is 0 Å². The van der Waals surface area contributed by atoms with Crippen molar-refractivity contribution in [2.45, 2.75) is 34.6 Å². The lowest BCUT2D eigenvalue weighted by atomic mass is 10.2. The standard InChI is InChI=1S/C12H25O4PS/c1-9(2)6-15-17(16-7-10(3)4)18-8-11(5)12(13)14/h9-11H,6-8H2,1-5H3,(H,13,14). The minimum absolute atomic E-state index is 0.370. The molecule has 1 atom stereocenters. The van der Waals surface area contributed by atoms with Gasteiger partial charge in [-0.15, -0.1) is 0 Å². The number of hydrogen-bond acceptors (Lipinski definition) is 4. The molecule has 0 spiro atoms. The van der Waals surface area contributed by atoms with Crippen LogP contribution in [0.2, 0.25) is 0 Å². The summed E-state index contributed by atoms with van der Waals surface area (Å²) in [6, 6.07) is 0. The van der Waals surface area contributed by atoms with Crippen molar-refractivity contribution in [1.82, 2.24) is 0 Å². The predicted octanol–water partition coefficient (Wildman–Crippen LogP) is 4.01. The normalized spacial score (nSPS) is 13.6. The van der Waals surface area contributed by atoms with Crippen molar-refractivity contribution in [3.8, 4) is 0 Å². The zero-order valence-electron chi connectivity index (χ0n) is 11.9. The van der Waals surface area contributed by atoms with Gasteiger partial charge in [0.25, 0.3) is 0 Å². The fraction of sp³-hybridized carbons (Fsp3) is 0.917. The Morgan fingerprint density at radius 1 is 1.11 bits per heavy atom. The molecule has 0 fully saturated rings. The number of carbonyl (C=O) groups is 1. The summed E-state index contributed by atoms with van der Waals surface area (Å²) in [5.41, 5.74) is 0. The van der Waals surface area contributed by atoms with Crippen LogP contribution < -0.4 is 0 Å². The van der Waals surface area contributed by atoms with Crippen LogP contribution in [0.25, 0.3) is 0 Å². The van der Waals surface area contributed by atoms with Gasteiger partial charge in [-0.25, -0.2) is 0 Å². The molecule has 0 saturated carbocycles. The van der Waals surface area contributed by atoms with Crippen LogP contribution in [0.15, 0.2) is 0 Å². The first kappa shape index (κ1) is 18.2. The van der Waals surface area contributed by atoms with Crippen molar-refractivity contribution < 1.29 is 18.9 Å². The van der Waals surface area contributed by atoms with Crippen molar-refractivity contribution in [1.29, 1.82) is 0 Å². The Kier molecular flexibility index (Phi) is 10.1. The quantitative estimate of drug-likeness (QED) is 0.617. The molecule has 0 saturated heterocycles. The van der Waals surface area contributed by atoms with E-state index in [-0.39, 0.29) is 5.92 Å². The first-order valence-corrected chi connectivity index (χ1v) is 9.01. The third-order valence-corrected chi connectivity index (χ3v) is 5.17. The summed E-state index contributed by atoms with van der Waals surface area (Å²) < 4.78 is 11.4. The number of rotatable bonds is 10. The van der Waals surface area contributed by atoms with Gasteiger partial charge in [0.1, 0.15) is 0 Å². The van der Waals surface area contributed by atoms with Crippen LogP contribution in [0.4, 0.5) is 0 Å². The SMILES string of the molecule is CC(C)COP(OCC(C)C)SCC(C)C(=O)O. The third-order valence-electron chi connectivity index (χ3n) is 1.88. The van der Waals surface area contributed by atoms with Gasteiger partial charge in [-0.1, -0.05) is 46.0 Å². The van der Waals surface area contributed by atoms with Gasteiger partial charge in [-0.05, 0) is 11.8 Å². The molecule has 0 radical (unpaired) electrons. The molecule has 1 N–H and O–H groups in total. The fourth-order valence-corrected chi connectivity index (χ4v) is 4.18. The molecule has 0 rings (SSSR count). The van der Waals surface area contributed by atoms with E-state index in [0.29, 0.717) is 30.8 Å². The first-order valence-electron chi connectivity index (χ1n) is 6.24. The van der Waals surface area contributed by atoms with Crippen molar-refractivity contribution in [2.75, 3.05) is 19.0 Å². The molecule has 4 nitrogen and oxygen atoms in total. The van der Waals surface area contributed by atoms with E-state index in [0.717, 1.165) is 0 Å². The summed E-state index contributed by atoms with van der Waals surface area (Å²) in [5.74, 6) is 0.290. The molecule has 0 aliphatic rings. The Balaban J connectivity index is 4.06. The van der Waals surface area contributed by atoms with E-state index in [1.54, 1.807) is 6.92 Å². The Labute approximate surface area is 115 Å². The third kappa shape index (κ3) is 10.1. The molecule has 0 aliphatic heterocycles. The summed E-state index contributed by atoms with van der Waals surface area (Å²) in [7, 11) is -1.03. The van der Waals surface area contributed by atoms with Gasteiger partial charge in [0.2, 0.25) is 7.58 Å². The Hall–Kier alpha value is 0.170. The van der Waals surface area contributed by atoms with E-state index in [2.05, 4.69) is 27.7 Å². The van der Waals surface area contributed by atoms with Gasteiger partial charge in [0, 0.05) is 5.75 Å². The summed E-state index contributed by atoms with van der Waals surface area (Å²) in [6.07, 6.45) is 0. The van der Waals surface area contributed by atoms with Crippen molar-refractivity contribution in [2.24, 2.45) is 17.8 Å². The molecule has 18 heavy (non-hydrogen) atoms. The van der Waals surface area contributed by atoms with Crippen molar-refractivity contribution in [3.63, 3.8) is 0 Å². The summed E-state index contributed by atoms with van der Waals surface area (Å²) in [6.45, 7) is 11.3. The molecule has 6 heteroatoms. The highest BCUT2D eigenvalue weighted by molar-refractivity contribution is 8.52. The Morgan fingerprint density at radius 3 is 1.89 bits per heavy atom. The maximum atomic E-state index is 10.8. The highest BCUT2D eigenvalue weighted by atomic mass is 32.7. The molecule has 0 aromatic carbocycles. The molecule has 0 aliphatic carbocycles. The summed E-state index contributed by atoms with van der Waals surface area (Å²) in [5, 5.41) is 8.84. The molecule has 0 aromatic heterocycles. The number of carboxylic acid groups (broad SMARTS) is 1. The van der Waals surface area contributed by atoms with E-state index in [9.17, 15) is 4.79 Å². The molecular weight excluding hydrogens is 271 g/mol. The molecular formula is C12H25O4PS. The largest absolute Gasteiger partial charge is 0.481 e. The monoisotopic (exact) mass is 296 g/mol. The fourth-order valence-electron chi connectivity index (χ4n) is 0.776. The molecule has 1 unspecified atom stereocenters. The highest BCUT2D eigenvalue weighted by Gasteiger charge is 2.18. The van der Waals surface area contributed by atoms with Crippen LogP contribution >= 0.6 is 19.0 Å². The molecule has 108 valence electrons. The topological polar surface area (TPSA) is 55.8 Å². The average Bonchev–Trinajstić information content (AvgIpc) is 2.26. The molecule has 0 heterocycles. The maximum Gasteiger partial charge on any atom is 0.307 e. The lowest BCUT2D eigenvalue weighted by Gasteiger charge is -2.19. The zero-order chi connectivity index (χ0) is 14.1.